The molecule has 18 heteroatoms. The first kappa shape index (κ1) is 35.0. The second-order valence-corrected chi connectivity index (χ2v) is 9.93. The average Bonchev–Trinajstić information content (AvgIpc) is 2.70. The molecule has 1 N–H and O–H groups in total. The molecule has 1 aromatic rings. The molecule has 228 valence electrons. The predicted octanol–water partition coefficient (Wildman–Crippen LogP) is 8.59. The van der Waals surface area contributed by atoms with Gasteiger partial charge in [-0.25, -0.2) is 0 Å². The van der Waals surface area contributed by atoms with Crippen LogP contribution in [0.1, 0.15) is 45.2 Å². The smallest absolute Gasteiger partial charge is 0.385 e. The van der Waals surface area contributed by atoms with Crippen LogP contribution in [0.2, 0.25) is 0 Å². The molecule has 0 spiro atoms. The highest BCUT2D eigenvalue weighted by Gasteiger charge is 2.95. The molecular formula is C21H19F17O. The molecule has 0 saturated carbocycles. The third kappa shape index (κ3) is 5.25. The van der Waals surface area contributed by atoms with Crippen LogP contribution < -0.4 is 0 Å². The minimum atomic E-state index is -8.69. The van der Waals surface area contributed by atoms with Crippen LogP contribution >= 0.6 is 0 Å². The number of aliphatic hydroxyl groups is 1. The van der Waals surface area contributed by atoms with Gasteiger partial charge in [-0.3, -0.25) is 0 Å². The summed E-state index contributed by atoms with van der Waals surface area (Å²) in [5, 5.41) is 10.3. The van der Waals surface area contributed by atoms with E-state index in [2.05, 4.69) is 0 Å². The van der Waals surface area contributed by atoms with Crippen LogP contribution in [0.15, 0.2) is 24.3 Å². The van der Waals surface area contributed by atoms with E-state index in [1.807, 2.05) is 0 Å². The topological polar surface area (TPSA) is 20.2 Å². The zero-order valence-electron chi connectivity index (χ0n) is 19.9. The Kier molecular flexibility index (Phi) is 8.31. The summed E-state index contributed by atoms with van der Waals surface area (Å²) in [7, 11) is 0. The van der Waals surface area contributed by atoms with E-state index in [1.165, 1.54) is 26.8 Å². The van der Waals surface area contributed by atoms with Crippen molar-refractivity contribution in [3.05, 3.63) is 35.4 Å². The van der Waals surface area contributed by atoms with Crippen LogP contribution in [0.5, 0.6) is 0 Å². The van der Waals surface area contributed by atoms with Gasteiger partial charge in [0, 0.05) is 0 Å². The van der Waals surface area contributed by atoms with E-state index in [9.17, 15) is 79.7 Å². The Balaban J connectivity index is 3.64. The molecule has 0 aliphatic heterocycles. The van der Waals surface area contributed by atoms with Crippen molar-refractivity contribution in [1.29, 1.82) is 0 Å². The fraction of sp³-hybridized carbons (Fsp3) is 0.714. The lowest BCUT2D eigenvalue weighted by molar-refractivity contribution is -0.462. The molecule has 0 fully saturated rings. The van der Waals surface area contributed by atoms with E-state index >= 15 is 0 Å². The van der Waals surface area contributed by atoms with E-state index in [0.717, 1.165) is 18.2 Å². The molecule has 0 aliphatic rings. The largest absolute Gasteiger partial charge is 0.460 e. The van der Waals surface area contributed by atoms with Gasteiger partial charge in [0.15, 0.2) is 0 Å². The van der Waals surface area contributed by atoms with Crippen molar-refractivity contribution in [2.24, 2.45) is 0 Å². The van der Waals surface area contributed by atoms with E-state index in [0.29, 0.717) is 0 Å². The van der Waals surface area contributed by atoms with Gasteiger partial charge in [-0.1, -0.05) is 45.0 Å². The van der Waals surface area contributed by atoms with Gasteiger partial charge in [-0.05, 0) is 23.5 Å². The zero-order valence-corrected chi connectivity index (χ0v) is 19.9. The first-order valence-electron chi connectivity index (χ1n) is 10.2. The first-order valence-corrected chi connectivity index (χ1v) is 10.2. The Morgan fingerprint density at radius 1 is 0.513 bits per heavy atom. The maximum atomic E-state index is 14.4. The van der Waals surface area contributed by atoms with Gasteiger partial charge in [-0.15, -0.1) is 0 Å². The molecule has 1 nitrogen and oxygen atoms in total. The molecule has 0 bridgehead atoms. The Morgan fingerprint density at radius 3 is 1.21 bits per heavy atom. The monoisotopic (exact) mass is 610 g/mol. The summed E-state index contributed by atoms with van der Waals surface area (Å²) >= 11 is 0. The molecule has 0 radical (unpaired) electrons. The van der Waals surface area contributed by atoms with Crippen molar-refractivity contribution in [1.82, 2.24) is 0 Å². The summed E-state index contributed by atoms with van der Waals surface area (Å²) in [6, 6.07) is 4.08. The number of halogens is 17. The molecule has 1 rings (SSSR count). The van der Waals surface area contributed by atoms with E-state index in [-0.39, 0.29) is 12.5 Å². The van der Waals surface area contributed by atoms with Gasteiger partial charge >= 0.3 is 47.6 Å². The molecule has 0 saturated heterocycles. The van der Waals surface area contributed by atoms with Gasteiger partial charge in [0.25, 0.3) is 0 Å². The van der Waals surface area contributed by atoms with E-state index < -0.39 is 70.6 Å². The van der Waals surface area contributed by atoms with Gasteiger partial charge < -0.3 is 5.11 Å². The Labute approximate surface area is 209 Å². The summed E-state index contributed by atoms with van der Waals surface area (Å²) in [5.74, 6) is -57.0. The molecule has 0 heterocycles. The highest BCUT2D eigenvalue weighted by molar-refractivity contribution is 5.32. The standard InChI is InChI=1S/C21H19F17O/c1-12(2,3)10-6-5-7-11(8-10)13(4,39)9-14(22,23)15(24,25)16(26,27)17(28,29)18(30,31)19(32,33)20(34,35)21(36,37)38/h5-8,39H,9H2,1-4H3. The quantitative estimate of drug-likeness (QED) is 0.278. The number of hydrogen-bond acceptors (Lipinski definition) is 1. The molecule has 0 aliphatic carbocycles. The van der Waals surface area contributed by atoms with Gasteiger partial charge in [0.1, 0.15) is 0 Å². The fourth-order valence-corrected chi connectivity index (χ4v) is 3.16. The summed E-state index contributed by atoms with van der Waals surface area (Å²) in [6.07, 6.45) is -10.8. The number of alkyl halides is 17. The van der Waals surface area contributed by atoms with Crippen molar-refractivity contribution in [3.8, 4) is 0 Å². The van der Waals surface area contributed by atoms with Crippen molar-refractivity contribution >= 4 is 0 Å². The van der Waals surface area contributed by atoms with Crippen molar-refractivity contribution in [3.63, 3.8) is 0 Å². The molecule has 1 aromatic carbocycles. The number of rotatable bonds is 9. The van der Waals surface area contributed by atoms with E-state index in [1.54, 1.807) is 0 Å². The summed E-state index contributed by atoms with van der Waals surface area (Å²) in [6.45, 7) is 4.88. The van der Waals surface area contributed by atoms with Crippen LogP contribution in [0.3, 0.4) is 0 Å². The lowest BCUT2D eigenvalue weighted by atomic mass is 9.80. The van der Waals surface area contributed by atoms with Crippen molar-refractivity contribution in [2.75, 3.05) is 0 Å². The number of hydrogen-bond donors (Lipinski definition) is 1. The minimum Gasteiger partial charge on any atom is -0.385 e. The molecule has 0 aromatic heterocycles. The highest BCUT2D eigenvalue weighted by atomic mass is 19.4. The second kappa shape index (κ2) is 9.26. The van der Waals surface area contributed by atoms with Gasteiger partial charge in [-0.2, -0.15) is 74.6 Å². The Bertz CT molecular complexity index is 1030. The van der Waals surface area contributed by atoms with Crippen molar-refractivity contribution < 1.29 is 79.7 Å². The lowest BCUT2D eigenvalue weighted by Gasteiger charge is -2.43. The molecule has 1 atom stereocenters. The van der Waals surface area contributed by atoms with Crippen LogP contribution in [0, 0.1) is 0 Å². The molecule has 1 unspecified atom stereocenters. The molecular weight excluding hydrogens is 591 g/mol. The van der Waals surface area contributed by atoms with Crippen LogP contribution in [0.25, 0.3) is 0 Å². The Morgan fingerprint density at radius 2 is 0.846 bits per heavy atom. The first-order chi connectivity index (χ1) is 16.7. The third-order valence-electron chi connectivity index (χ3n) is 5.70. The maximum absolute atomic E-state index is 14.4. The third-order valence-corrected chi connectivity index (χ3v) is 5.70. The fourth-order valence-electron chi connectivity index (χ4n) is 3.16. The zero-order chi connectivity index (χ0) is 31.7. The maximum Gasteiger partial charge on any atom is 0.460 e. The predicted molar refractivity (Wildman–Crippen MR) is 100 cm³/mol. The Hall–Kier alpha value is -2.01. The minimum absolute atomic E-state index is 0.222. The average molecular weight is 610 g/mol. The van der Waals surface area contributed by atoms with Crippen LogP contribution in [-0.2, 0) is 11.0 Å². The molecule has 39 heavy (non-hydrogen) atoms. The van der Waals surface area contributed by atoms with Gasteiger partial charge in [0.2, 0.25) is 0 Å². The highest BCUT2D eigenvalue weighted by Crippen LogP contribution is 2.64. The summed E-state index contributed by atoms with van der Waals surface area (Å²) < 4.78 is 229. The van der Waals surface area contributed by atoms with Crippen molar-refractivity contribution in [2.45, 2.75) is 92.8 Å². The van der Waals surface area contributed by atoms with Gasteiger partial charge in [0.05, 0.1) is 12.0 Å². The van der Waals surface area contributed by atoms with Crippen LogP contribution in [-0.4, -0.2) is 52.7 Å². The number of benzene rings is 1. The molecule has 0 amide bonds. The normalized spacial score (nSPS) is 17.3. The summed E-state index contributed by atoms with van der Waals surface area (Å²) in [4.78, 5) is 0. The SMILES string of the molecule is CC(C)(C)c1cccc(C(C)(O)CC(F)(F)C(F)(F)C(F)(F)C(F)(F)C(F)(F)C(F)(F)C(F)(F)C(F)(F)F)c1. The lowest BCUT2D eigenvalue weighted by Crippen LogP contribution is -2.74. The van der Waals surface area contributed by atoms with Crippen LogP contribution in [0.4, 0.5) is 74.6 Å². The summed E-state index contributed by atoms with van der Waals surface area (Å²) in [5.41, 5.74) is -4.64. The second-order valence-electron chi connectivity index (χ2n) is 9.93. The van der Waals surface area contributed by atoms with E-state index in [4.69, 9.17) is 0 Å².